The van der Waals surface area contributed by atoms with Gasteiger partial charge in [-0.25, -0.2) is 0 Å². The highest BCUT2D eigenvalue weighted by Crippen LogP contribution is 2.38. The second-order valence-electron chi connectivity index (χ2n) is 7.06. The van der Waals surface area contributed by atoms with E-state index >= 15 is 0 Å². The van der Waals surface area contributed by atoms with Crippen LogP contribution in [-0.2, 0) is 12.8 Å². The summed E-state index contributed by atoms with van der Waals surface area (Å²) >= 11 is 1.47. The third-order valence-electron chi connectivity index (χ3n) is 5.06. The summed E-state index contributed by atoms with van der Waals surface area (Å²) in [5.74, 6) is -0.727. The largest absolute Gasteiger partial charge is 0.507 e. The average Bonchev–Trinajstić information content (AvgIpc) is 2.89. The van der Waals surface area contributed by atoms with E-state index in [4.69, 9.17) is 0 Å². The van der Waals surface area contributed by atoms with E-state index in [1.807, 2.05) is 30.3 Å². The van der Waals surface area contributed by atoms with Gasteiger partial charge in [-0.05, 0) is 55.5 Å². The van der Waals surface area contributed by atoms with Crippen LogP contribution in [0.2, 0.25) is 0 Å². The Labute approximate surface area is 173 Å². The Kier molecular flexibility index (Phi) is 5.62. The fraction of sp³-hybridized carbons (Fsp3) is 0.217. The minimum atomic E-state index is -0.423. The number of thiophene rings is 1. The molecular formula is C23H22N2O3S. The van der Waals surface area contributed by atoms with Crippen LogP contribution in [0.25, 0.3) is 0 Å². The second kappa shape index (κ2) is 8.49. The highest BCUT2D eigenvalue weighted by atomic mass is 32.1. The number of phenols is 1. The van der Waals surface area contributed by atoms with Gasteiger partial charge in [0.1, 0.15) is 10.8 Å². The van der Waals surface area contributed by atoms with E-state index in [1.165, 1.54) is 17.4 Å². The van der Waals surface area contributed by atoms with Crippen molar-refractivity contribution in [2.75, 3.05) is 10.6 Å². The van der Waals surface area contributed by atoms with Crippen LogP contribution in [-0.4, -0.2) is 16.9 Å². The lowest BCUT2D eigenvalue weighted by molar-refractivity contribution is 0.102. The molecule has 0 saturated heterocycles. The summed E-state index contributed by atoms with van der Waals surface area (Å²) < 4.78 is 0. The van der Waals surface area contributed by atoms with Gasteiger partial charge in [-0.2, -0.15) is 0 Å². The predicted octanol–water partition coefficient (Wildman–Crippen LogP) is 5.23. The number of carbonyl (C=O) groups excluding carboxylic acids is 2. The molecule has 0 radical (unpaired) electrons. The van der Waals surface area contributed by atoms with Gasteiger partial charge in [0.05, 0.1) is 11.1 Å². The van der Waals surface area contributed by atoms with Crippen molar-refractivity contribution in [3.63, 3.8) is 0 Å². The Balaban J connectivity index is 1.68. The summed E-state index contributed by atoms with van der Waals surface area (Å²) in [6.45, 7) is 0. The van der Waals surface area contributed by atoms with Crippen molar-refractivity contribution in [2.45, 2.75) is 32.1 Å². The molecule has 3 aromatic rings. The number of anilines is 2. The van der Waals surface area contributed by atoms with E-state index in [2.05, 4.69) is 10.6 Å². The van der Waals surface area contributed by atoms with Crippen molar-refractivity contribution < 1.29 is 14.7 Å². The predicted molar refractivity (Wildman–Crippen MR) is 116 cm³/mol. The van der Waals surface area contributed by atoms with Crippen molar-refractivity contribution in [3.8, 4) is 5.75 Å². The van der Waals surface area contributed by atoms with Gasteiger partial charge in [0.2, 0.25) is 0 Å². The van der Waals surface area contributed by atoms with Crippen molar-refractivity contribution in [1.29, 1.82) is 0 Å². The van der Waals surface area contributed by atoms with Gasteiger partial charge in [-0.1, -0.05) is 36.8 Å². The van der Waals surface area contributed by atoms with Crippen LogP contribution in [0.3, 0.4) is 0 Å². The second-order valence-corrected chi connectivity index (χ2v) is 8.17. The third kappa shape index (κ3) is 4.17. The summed E-state index contributed by atoms with van der Waals surface area (Å²) in [4.78, 5) is 27.1. The standard InChI is InChI=1S/C23H22N2O3S/c26-18-13-8-7-11-16(18)21(27)25-23-20(17-12-5-2-6-14-19(17)29-23)22(28)24-15-9-3-1-4-10-15/h1,3-4,7-11,13,26H,2,5-6,12,14H2,(H,24,28)(H,25,27). The van der Waals surface area contributed by atoms with Crippen LogP contribution in [0.1, 0.15) is 50.4 Å². The maximum absolute atomic E-state index is 13.2. The number of phenolic OH excluding ortho intramolecular Hbond substituents is 1. The van der Waals surface area contributed by atoms with Gasteiger partial charge in [-0.15, -0.1) is 11.3 Å². The summed E-state index contributed by atoms with van der Waals surface area (Å²) in [6.07, 6.45) is 5.00. The topological polar surface area (TPSA) is 78.4 Å². The van der Waals surface area contributed by atoms with Gasteiger partial charge >= 0.3 is 0 Å². The van der Waals surface area contributed by atoms with Gasteiger partial charge < -0.3 is 15.7 Å². The highest BCUT2D eigenvalue weighted by Gasteiger charge is 2.26. The van der Waals surface area contributed by atoms with E-state index in [-0.39, 0.29) is 17.2 Å². The molecule has 3 N–H and O–H groups in total. The zero-order chi connectivity index (χ0) is 20.2. The molecule has 2 amide bonds. The first kappa shape index (κ1) is 19.2. The van der Waals surface area contributed by atoms with Crippen molar-refractivity contribution in [2.24, 2.45) is 0 Å². The van der Waals surface area contributed by atoms with Crippen molar-refractivity contribution in [1.82, 2.24) is 0 Å². The minimum Gasteiger partial charge on any atom is -0.507 e. The maximum Gasteiger partial charge on any atom is 0.260 e. The zero-order valence-electron chi connectivity index (χ0n) is 15.9. The molecule has 0 bridgehead atoms. The Hall–Kier alpha value is -3.12. The highest BCUT2D eigenvalue weighted by molar-refractivity contribution is 7.17. The monoisotopic (exact) mass is 406 g/mol. The Morgan fingerprint density at radius 1 is 0.828 bits per heavy atom. The number of aryl methyl sites for hydroxylation is 1. The molecule has 4 rings (SSSR count). The fourth-order valence-electron chi connectivity index (χ4n) is 3.62. The van der Waals surface area contributed by atoms with Gasteiger partial charge in [0, 0.05) is 10.6 Å². The van der Waals surface area contributed by atoms with E-state index in [0.717, 1.165) is 42.5 Å². The quantitative estimate of drug-likeness (QED) is 0.519. The first-order chi connectivity index (χ1) is 14.1. The molecule has 29 heavy (non-hydrogen) atoms. The molecule has 0 aliphatic heterocycles. The molecule has 1 aromatic heterocycles. The molecule has 0 fully saturated rings. The van der Waals surface area contributed by atoms with E-state index in [1.54, 1.807) is 18.2 Å². The molecule has 0 unspecified atom stereocenters. The minimum absolute atomic E-state index is 0.0848. The Bertz CT molecular complexity index is 1040. The molecule has 1 heterocycles. The van der Waals surface area contributed by atoms with Crippen LogP contribution in [0, 0.1) is 0 Å². The maximum atomic E-state index is 13.2. The molecule has 2 aromatic carbocycles. The molecule has 0 spiro atoms. The lowest BCUT2D eigenvalue weighted by Gasteiger charge is -2.10. The van der Waals surface area contributed by atoms with Crippen molar-refractivity contribution in [3.05, 3.63) is 76.2 Å². The first-order valence-corrected chi connectivity index (χ1v) is 10.6. The summed E-state index contributed by atoms with van der Waals surface area (Å²) in [5, 5.41) is 16.4. The van der Waals surface area contributed by atoms with Gasteiger partial charge in [0.25, 0.3) is 11.8 Å². The van der Waals surface area contributed by atoms with E-state index in [9.17, 15) is 14.7 Å². The number of para-hydroxylation sites is 2. The molecular weight excluding hydrogens is 384 g/mol. The summed E-state index contributed by atoms with van der Waals surface area (Å²) in [6, 6.07) is 15.7. The molecule has 148 valence electrons. The Morgan fingerprint density at radius 3 is 2.34 bits per heavy atom. The van der Waals surface area contributed by atoms with Crippen LogP contribution in [0.4, 0.5) is 10.7 Å². The number of fused-ring (bicyclic) bond motifs is 1. The van der Waals surface area contributed by atoms with Gasteiger partial charge in [0.15, 0.2) is 0 Å². The average molecular weight is 407 g/mol. The number of benzene rings is 2. The number of amides is 2. The SMILES string of the molecule is O=C(Nc1sc2c(c1C(=O)Nc1ccccc1)CCCCC2)c1ccccc1O. The molecule has 5 nitrogen and oxygen atoms in total. The molecule has 0 atom stereocenters. The summed E-state index contributed by atoms with van der Waals surface area (Å²) in [7, 11) is 0. The number of nitrogens with one attached hydrogen (secondary N) is 2. The smallest absolute Gasteiger partial charge is 0.260 e. The summed E-state index contributed by atoms with van der Waals surface area (Å²) in [5.41, 5.74) is 2.47. The fourth-order valence-corrected chi connectivity index (χ4v) is 4.90. The number of rotatable bonds is 4. The molecule has 1 aliphatic carbocycles. The van der Waals surface area contributed by atoms with E-state index in [0.29, 0.717) is 16.3 Å². The lowest BCUT2D eigenvalue weighted by Crippen LogP contribution is -2.18. The molecule has 6 heteroatoms. The number of hydrogen-bond donors (Lipinski definition) is 3. The van der Waals surface area contributed by atoms with E-state index < -0.39 is 5.91 Å². The number of aromatic hydroxyl groups is 1. The van der Waals surface area contributed by atoms with Crippen LogP contribution in [0.15, 0.2) is 54.6 Å². The zero-order valence-corrected chi connectivity index (χ0v) is 16.7. The van der Waals surface area contributed by atoms with Crippen LogP contribution < -0.4 is 10.6 Å². The van der Waals surface area contributed by atoms with Crippen LogP contribution >= 0.6 is 11.3 Å². The lowest BCUT2D eigenvalue weighted by atomic mass is 10.0. The molecule has 1 aliphatic rings. The number of hydrogen-bond acceptors (Lipinski definition) is 4. The Morgan fingerprint density at radius 2 is 1.55 bits per heavy atom. The van der Waals surface area contributed by atoms with Gasteiger partial charge in [-0.3, -0.25) is 9.59 Å². The first-order valence-electron chi connectivity index (χ1n) is 9.74. The molecule has 0 saturated carbocycles. The van der Waals surface area contributed by atoms with Crippen LogP contribution in [0.5, 0.6) is 5.75 Å². The normalized spacial score (nSPS) is 13.2. The number of carbonyl (C=O) groups is 2. The third-order valence-corrected chi connectivity index (χ3v) is 6.26. The van der Waals surface area contributed by atoms with Crippen molar-refractivity contribution >= 4 is 33.8 Å².